The Kier molecular flexibility index (Phi) is 3.86. The highest BCUT2D eigenvalue weighted by atomic mass is 16.5. The molecule has 4 nitrogen and oxygen atoms in total. The number of methoxy groups -OCH3 is 2. The van der Waals surface area contributed by atoms with Crippen LogP contribution in [0.1, 0.15) is 18.4 Å². The van der Waals surface area contributed by atoms with Crippen LogP contribution in [0.5, 0.6) is 11.5 Å². The maximum Gasteiger partial charge on any atom is 0.127 e. The van der Waals surface area contributed by atoms with E-state index in [1.807, 2.05) is 18.2 Å². The molecule has 2 rings (SSSR count). The summed E-state index contributed by atoms with van der Waals surface area (Å²) in [6.07, 6.45) is 2.14. The van der Waals surface area contributed by atoms with Gasteiger partial charge in [-0.15, -0.1) is 0 Å². The Bertz CT molecular complexity index is 376. The molecule has 0 radical (unpaired) electrons. The monoisotopic (exact) mass is 236 g/mol. The number of nitrogens with one attached hydrogen (secondary N) is 1. The second kappa shape index (κ2) is 5.38. The highest BCUT2D eigenvalue weighted by molar-refractivity contribution is 5.40. The van der Waals surface area contributed by atoms with E-state index in [0.29, 0.717) is 12.1 Å². The van der Waals surface area contributed by atoms with Gasteiger partial charge in [0.25, 0.3) is 0 Å². The lowest BCUT2D eigenvalue weighted by molar-refractivity contribution is 0.289. The summed E-state index contributed by atoms with van der Waals surface area (Å²) in [7, 11) is 3.33. The van der Waals surface area contributed by atoms with E-state index < -0.39 is 0 Å². The minimum Gasteiger partial charge on any atom is -0.497 e. The number of ether oxygens (including phenoxy) is 2. The number of hydrogen-bond donors (Lipinski definition) is 2. The molecule has 4 heteroatoms. The van der Waals surface area contributed by atoms with Crippen molar-refractivity contribution in [2.75, 3.05) is 14.2 Å². The van der Waals surface area contributed by atoms with Gasteiger partial charge in [-0.2, -0.15) is 0 Å². The highest BCUT2D eigenvalue weighted by Gasteiger charge is 2.25. The second-order valence-electron chi connectivity index (χ2n) is 4.49. The van der Waals surface area contributed by atoms with E-state index in [9.17, 15) is 0 Å². The van der Waals surface area contributed by atoms with E-state index in [1.165, 1.54) is 0 Å². The molecule has 0 amide bonds. The van der Waals surface area contributed by atoms with Crippen LogP contribution in [-0.2, 0) is 6.54 Å². The largest absolute Gasteiger partial charge is 0.497 e. The maximum atomic E-state index is 5.75. The van der Waals surface area contributed by atoms with Gasteiger partial charge in [-0.1, -0.05) is 6.07 Å². The molecule has 1 aliphatic carbocycles. The lowest BCUT2D eigenvalue weighted by Gasteiger charge is -2.33. The molecule has 0 aliphatic heterocycles. The van der Waals surface area contributed by atoms with E-state index in [-0.39, 0.29) is 0 Å². The SMILES string of the molecule is COc1ccc(CNC2CC(N)C2)c(OC)c1. The number of benzene rings is 1. The summed E-state index contributed by atoms with van der Waals surface area (Å²) in [5.41, 5.74) is 6.90. The first-order valence-electron chi connectivity index (χ1n) is 5.92. The molecule has 0 bridgehead atoms. The normalized spacial score (nSPS) is 23.0. The van der Waals surface area contributed by atoms with Crippen molar-refractivity contribution in [1.29, 1.82) is 0 Å². The average Bonchev–Trinajstić information content (AvgIpc) is 2.33. The molecular formula is C13H20N2O2. The maximum absolute atomic E-state index is 5.75. The van der Waals surface area contributed by atoms with E-state index in [4.69, 9.17) is 15.2 Å². The number of rotatable bonds is 5. The van der Waals surface area contributed by atoms with Gasteiger partial charge in [0.05, 0.1) is 14.2 Å². The van der Waals surface area contributed by atoms with E-state index in [0.717, 1.165) is 36.4 Å². The highest BCUT2D eigenvalue weighted by Crippen LogP contribution is 2.25. The van der Waals surface area contributed by atoms with Crippen molar-refractivity contribution in [1.82, 2.24) is 5.32 Å². The number of hydrogen-bond acceptors (Lipinski definition) is 4. The quantitative estimate of drug-likeness (QED) is 0.808. The van der Waals surface area contributed by atoms with Gasteiger partial charge in [-0.25, -0.2) is 0 Å². The lowest BCUT2D eigenvalue weighted by atomic mass is 9.87. The van der Waals surface area contributed by atoms with Crippen molar-refractivity contribution in [2.24, 2.45) is 5.73 Å². The van der Waals surface area contributed by atoms with E-state index in [2.05, 4.69) is 5.32 Å². The fraction of sp³-hybridized carbons (Fsp3) is 0.538. The van der Waals surface area contributed by atoms with Gasteiger partial charge >= 0.3 is 0 Å². The smallest absolute Gasteiger partial charge is 0.127 e. The molecule has 0 unspecified atom stereocenters. The Morgan fingerprint density at radius 2 is 2.06 bits per heavy atom. The van der Waals surface area contributed by atoms with Crippen LogP contribution in [0.2, 0.25) is 0 Å². The van der Waals surface area contributed by atoms with Crippen LogP contribution in [0, 0.1) is 0 Å². The summed E-state index contributed by atoms with van der Waals surface area (Å²) in [5, 5.41) is 3.48. The van der Waals surface area contributed by atoms with Crippen LogP contribution < -0.4 is 20.5 Å². The molecule has 1 aliphatic rings. The third-order valence-electron chi connectivity index (χ3n) is 3.25. The molecule has 94 valence electrons. The predicted octanol–water partition coefficient (Wildman–Crippen LogP) is 1.28. The zero-order valence-corrected chi connectivity index (χ0v) is 10.4. The zero-order valence-electron chi connectivity index (χ0n) is 10.4. The molecule has 0 atom stereocenters. The summed E-state index contributed by atoms with van der Waals surface area (Å²) in [6, 6.07) is 6.82. The zero-order chi connectivity index (χ0) is 12.3. The molecule has 0 heterocycles. The lowest BCUT2D eigenvalue weighted by Crippen LogP contribution is -2.48. The van der Waals surface area contributed by atoms with E-state index in [1.54, 1.807) is 14.2 Å². The van der Waals surface area contributed by atoms with Gasteiger partial charge in [-0.05, 0) is 18.9 Å². The van der Waals surface area contributed by atoms with Crippen LogP contribution >= 0.6 is 0 Å². The van der Waals surface area contributed by atoms with Gasteiger partial charge in [0, 0.05) is 30.3 Å². The molecular weight excluding hydrogens is 216 g/mol. The Labute approximate surface area is 102 Å². The minimum atomic E-state index is 0.380. The molecule has 17 heavy (non-hydrogen) atoms. The number of nitrogens with two attached hydrogens (primary N) is 1. The van der Waals surface area contributed by atoms with Crippen molar-refractivity contribution in [3.63, 3.8) is 0 Å². The fourth-order valence-corrected chi connectivity index (χ4v) is 2.08. The fourth-order valence-electron chi connectivity index (χ4n) is 2.08. The minimum absolute atomic E-state index is 0.380. The Balaban J connectivity index is 1.95. The van der Waals surface area contributed by atoms with Gasteiger partial charge in [0.1, 0.15) is 11.5 Å². The van der Waals surface area contributed by atoms with Crippen molar-refractivity contribution in [3.8, 4) is 11.5 Å². The van der Waals surface area contributed by atoms with Gasteiger partial charge in [-0.3, -0.25) is 0 Å². The van der Waals surface area contributed by atoms with Gasteiger partial charge in [0.15, 0.2) is 0 Å². The van der Waals surface area contributed by atoms with Crippen LogP contribution in [-0.4, -0.2) is 26.3 Å². The van der Waals surface area contributed by atoms with Gasteiger partial charge < -0.3 is 20.5 Å². The summed E-state index contributed by atoms with van der Waals surface area (Å²) in [6.45, 7) is 0.810. The molecule has 0 aromatic heterocycles. The van der Waals surface area contributed by atoms with Crippen LogP contribution in [0.25, 0.3) is 0 Å². The summed E-state index contributed by atoms with van der Waals surface area (Å²) >= 11 is 0. The molecule has 1 aromatic rings. The molecule has 0 spiro atoms. The summed E-state index contributed by atoms with van der Waals surface area (Å²) < 4.78 is 10.5. The first kappa shape index (κ1) is 12.2. The molecule has 0 saturated heterocycles. The standard InChI is InChI=1S/C13H20N2O2/c1-16-12-4-3-9(13(7-12)17-2)8-15-11-5-10(14)6-11/h3-4,7,10-11,15H,5-6,8,14H2,1-2H3. The van der Waals surface area contributed by atoms with Crippen molar-refractivity contribution >= 4 is 0 Å². The Hall–Kier alpha value is -1.26. The molecule has 3 N–H and O–H groups in total. The predicted molar refractivity (Wildman–Crippen MR) is 67.4 cm³/mol. The third kappa shape index (κ3) is 2.90. The van der Waals surface area contributed by atoms with Gasteiger partial charge in [0.2, 0.25) is 0 Å². The van der Waals surface area contributed by atoms with Crippen LogP contribution in [0.4, 0.5) is 0 Å². The van der Waals surface area contributed by atoms with Crippen LogP contribution in [0.15, 0.2) is 18.2 Å². The van der Waals surface area contributed by atoms with Crippen LogP contribution in [0.3, 0.4) is 0 Å². The Morgan fingerprint density at radius 1 is 1.29 bits per heavy atom. The van der Waals surface area contributed by atoms with Crippen molar-refractivity contribution in [2.45, 2.75) is 31.5 Å². The first-order chi connectivity index (χ1) is 8.22. The second-order valence-corrected chi connectivity index (χ2v) is 4.49. The summed E-state index contributed by atoms with van der Waals surface area (Å²) in [4.78, 5) is 0. The molecule has 1 aromatic carbocycles. The summed E-state index contributed by atoms with van der Waals surface area (Å²) in [5.74, 6) is 1.68. The topological polar surface area (TPSA) is 56.5 Å². The van der Waals surface area contributed by atoms with E-state index >= 15 is 0 Å². The first-order valence-corrected chi connectivity index (χ1v) is 5.92. The molecule has 1 fully saturated rings. The van der Waals surface area contributed by atoms with Crippen molar-refractivity contribution < 1.29 is 9.47 Å². The average molecular weight is 236 g/mol. The third-order valence-corrected chi connectivity index (χ3v) is 3.25. The molecule has 1 saturated carbocycles. The Morgan fingerprint density at radius 3 is 2.65 bits per heavy atom. The van der Waals surface area contributed by atoms with Crippen molar-refractivity contribution in [3.05, 3.63) is 23.8 Å².